The molecule has 0 amide bonds. The number of rotatable bonds is 5. The van der Waals surface area contributed by atoms with Crippen molar-refractivity contribution in [2.24, 2.45) is 0 Å². The first-order valence-corrected chi connectivity index (χ1v) is 5.23. The Morgan fingerprint density at radius 3 is 2.73 bits per heavy atom. The number of terminal acetylenes is 1. The molecule has 0 bridgehead atoms. The number of benzene rings is 1. The molecule has 78 valence electrons. The van der Waals surface area contributed by atoms with Crippen molar-refractivity contribution >= 4 is 5.78 Å². The van der Waals surface area contributed by atoms with Crippen LogP contribution < -0.4 is 0 Å². The van der Waals surface area contributed by atoms with Crippen LogP contribution in [0.4, 0.5) is 0 Å². The van der Waals surface area contributed by atoms with Crippen LogP contribution in [0.2, 0.25) is 0 Å². The number of carbonyl (C=O) groups is 1. The molecule has 0 aliphatic heterocycles. The van der Waals surface area contributed by atoms with Crippen LogP contribution in [-0.2, 0) is 11.2 Å². The van der Waals surface area contributed by atoms with E-state index in [1.807, 2.05) is 12.1 Å². The number of hydrogen-bond acceptors (Lipinski definition) is 1. The molecule has 1 aromatic rings. The summed E-state index contributed by atoms with van der Waals surface area (Å²) >= 11 is 0. The fourth-order valence-electron chi connectivity index (χ4n) is 1.50. The molecule has 0 fully saturated rings. The summed E-state index contributed by atoms with van der Waals surface area (Å²) in [6.45, 7) is 2.07. The molecule has 1 aromatic carbocycles. The summed E-state index contributed by atoms with van der Waals surface area (Å²) in [5.74, 6) is 2.75. The lowest BCUT2D eigenvalue weighted by Gasteiger charge is -2.03. The molecule has 0 N–H and O–H groups in total. The summed E-state index contributed by atoms with van der Waals surface area (Å²) in [5, 5.41) is 0. The lowest BCUT2D eigenvalue weighted by Crippen LogP contribution is -2.00. The summed E-state index contributed by atoms with van der Waals surface area (Å²) in [5.41, 5.74) is 2.51. The van der Waals surface area contributed by atoms with Gasteiger partial charge in [-0.3, -0.25) is 4.79 Å². The van der Waals surface area contributed by atoms with Crippen LogP contribution in [0.5, 0.6) is 0 Å². The summed E-state index contributed by atoms with van der Waals surface area (Å²) in [4.78, 5) is 11.4. The van der Waals surface area contributed by atoms with Gasteiger partial charge < -0.3 is 0 Å². The van der Waals surface area contributed by atoms with E-state index in [2.05, 4.69) is 25.0 Å². The fourth-order valence-corrected chi connectivity index (χ4v) is 1.50. The van der Waals surface area contributed by atoms with E-state index in [1.54, 1.807) is 0 Å². The lowest BCUT2D eigenvalue weighted by atomic mass is 10.0. The van der Waals surface area contributed by atoms with E-state index in [0.717, 1.165) is 6.42 Å². The molecule has 0 aliphatic carbocycles. The van der Waals surface area contributed by atoms with Gasteiger partial charge in [0.1, 0.15) is 5.78 Å². The smallest absolute Gasteiger partial charge is 0.134 e. The van der Waals surface area contributed by atoms with Gasteiger partial charge in [-0.15, -0.1) is 12.3 Å². The summed E-state index contributed by atoms with van der Waals surface area (Å²) in [7, 11) is 0. The first kappa shape index (κ1) is 11.5. The Morgan fingerprint density at radius 2 is 2.07 bits per heavy atom. The van der Waals surface area contributed by atoms with Crippen molar-refractivity contribution in [3.8, 4) is 12.3 Å². The number of ketones is 1. The molecule has 0 radical (unpaired) electrons. The quantitative estimate of drug-likeness (QED) is 0.668. The van der Waals surface area contributed by atoms with E-state index in [9.17, 15) is 4.79 Å². The van der Waals surface area contributed by atoms with Crippen LogP contribution in [0.15, 0.2) is 24.3 Å². The number of Topliss-reactive ketones (excluding diaryl/α,β-unsaturated/α-hetero) is 1. The first-order chi connectivity index (χ1) is 7.24. The molecule has 1 rings (SSSR count). The van der Waals surface area contributed by atoms with Crippen molar-refractivity contribution < 1.29 is 4.79 Å². The molecule has 0 saturated carbocycles. The highest BCUT2D eigenvalue weighted by atomic mass is 16.1. The minimum Gasteiger partial charge on any atom is -0.300 e. The maximum Gasteiger partial charge on any atom is 0.134 e. The SMILES string of the molecule is C#CCCC(=O)CCc1ccccc1C. The third-order valence-corrected chi connectivity index (χ3v) is 2.48. The van der Waals surface area contributed by atoms with Crippen molar-refractivity contribution in [3.63, 3.8) is 0 Å². The normalized spacial score (nSPS) is 9.60. The van der Waals surface area contributed by atoms with Crippen LogP contribution in [0.3, 0.4) is 0 Å². The monoisotopic (exact) mass is 200 g/mol. The number of hydrogen-bond donors (Lipinski definition) is 0. The molecule has 0 heterocycles. The Hall–Kier alpha value is -1.55. The molecule has 0 saturated heterocycles. The number of aryl methyl sites for hydroxylation is 2. The third kappa shape index (κ3) is 3.99. The topological polar surface area (TPSA) is 17.1 Å². The molecule has 15 heavy (non-hydrogen) atoms. The van der Waals surface area contributed by atoms with Crippen molar-refractivity contribution in [1.82, 2.24) is 0 Å². The lowest BCUT2D eigenvalue weighted by molar-refractivity contribution is -0.118. The van der Waals surface area contributed by atoms with Gasteiger partial charge in [0.2, 0.25) is 0 Å². The molecule has 0 aliphatic rings. The Kier molecular flexibility index (Phi) is 4.63. The molecule has 0 aromatic heterocycles. The highest BCUT2D eigenvalue weighted by molar-refractivity contribution is 5.78. The van der Waals surface area contributed by atoms with Crippen LogP contribution in [0.25, 0.3) is 0 Å². The zero-order chi connectivity index (χ0) is 11.1. The third-order valence-electron chi connectivity index (χ3n) is 2.48. The first-order valence-electron chi connectivity index (χ1n) is 5.23. The second-order valence-electron chi connectivity index (χ2n) is 3.67. The summed E-state index contributed by atoms with van der Waals surface area (Å²) < 4.78 is 0. The predicted octanol–water partition coefficient (Wildman–Crippen LogP) is 2.91. The van der Waals surface area contributed by atoms with E-state index in [0.29, 0.717) is 19.3 Å². The van der Waals surface area contributed by atoms with Gasteiger partial charge in [-0.1, -0.05) is 24.3 Å². The van der Waals surface area contributed by atoms with Gasteiger partial charge in [0.15, 0.2) is 0 Å². The van der Waals surface area contributed by atoms with E-state index in [-0.39, 0.29) is 5.78 Å². The minimum atomic E-state index is 0.260. The molecule has 1 heteroatoms. The highest BCUT2D eigenvalue weighted by Crippen LogP contribution is 2.10. The molecular formula is C14H16O. The second-order valence-corrected chi connectivity index (χ2v) is 3.67. The predicted molar refractivity (Wildman–Crippen MR) is 62.6 cm³/mol. The van der Waals surface area contributed by atoms with Gasteiger partial charge in [0, 0.05) is 19.3 Å². The van der Waals surface area contributed by atoms with Gasteiger partial charge in [-0.05, 0) is 24.5 Å². The van der Waals surface area contributed by atoms with E-state index < -0.39 is 0 Å². The standard InChI is InChI=1S/C14H16O/c1-3-4-9-14(15)11-10-13-8-6-5-7-12(13)2/h1,5-8H,4,9-11H2,2H3. The van der Waals surface area contributed by atoms with Crippen molar-refractivity contribution in [1.29, 1.82) is 0 Å². The number of carbonyl (C=O) groups excluding carboxylic acids is 1. The van der Waals surface area contributed by atoms with Crippen LogP contribution in [0, 0.1) is 19.3 Å². The Bertz CT molecular complexity index is 371. The van der Waals surface area contributed by atoms with Gasteiger partial charge in [-0.25, -0.2) is 0 Å². The van der Waals surface area contributed by atoms with Crippen LogP contribution in [-0.4, -0.2) is 5.78 Å². The molecule has 0 spiro atoms. The van der Waals surface area contributed by atoms with E-state index >= 15 is 0 Å². The Labute approximate surface area is 91.5 Å². The average molecular weight is 200 g/mol. The van der Waals surface area contributed by atoms with Crippen molar-refractivity contribution in [3.05, 3.63) is 35.4 Å². The van der Waals surface area contributed by atoms with Crippen molar-refractivity contribution in [2.45, 2.75) is 32.6 Å². The zero-order valence-corrected chi connectivity index (χ0v) is 9.12. The highest BCUT2D eigenvalue weighted by Gasteiger charge is 2.03. The minimum absolute atomic E-state index is 0.260. The van der Waals surface area contributed by atoms with Crippen LogP contribution >= 0.6 is 0 Å². The molecule has 1 nitrogen and oxygen atoms in total. The molecule has 0 unspecified atom stereocenters. The molecular weight excluding hydrogens is 184 g/mol. The zero-order valence-electron chi connectivity index (χ0n) is 9.12. The fraction of sp³-hybridized carbons (Fsp3) is 0.357. The maximum atomic E-state index is 11.4. The summed E-state index contributed by atoms with van der Waals surface area (Å²) in [6, 6.07) is 8.16. The summed E-state index contributed by atoms with van der Waals surface area (Å²) in [6.07, 6.45) is 7.62. The Morgan fingerprint density at radius 1 is 1.33 bits per heavy atom. The van der Waals surface area contributed by atoms with Gasteiger partial charge in [0.25, 0.3) is 0 Å². The van der Waals surface area contributed by atoms with Gasteiger partial charge >= 0.3 is 0 Å². The van der Waals surface area contributed by atoms with Gasteiger partial charge in [-0.2, -0.15) is 0 Å². The van der Waals surface area contributed by atoms with Gasteiger partial charge in [0.05, 0.1) is 0 Å². The average Bonchev–Trinajstić information content (AvgIpc) is 2.25. The van der Waals surface area contributed by atoms with E-state index in [1.165, 1.54) is 11.1 Å². The second kappa shape index (κ2) is 6.03. The largest absolute Gasteiger partial charge is 0.300 e. The Balaban J connectivity index is 2.41. The molecule has 0 atom stereocenters. The van der Waals surface area contributed by atoms with E-state index in [4.69, 9.17) is 6.42 Å². The van der Waals surface area contributed by atoms with Crippen LogP contribution in [0.1, 0.15) is 30.4 Å². The maximum absolute atomic E-state index is 11.4. The van der Waals surface area contributed by atoms with Crippen molar-refractivity contribution in [2.75, 3.05) is 0 Å².